The molecule has 0 bridgehead atoms. The Balaban J connectivity index is 2.79. The summed E-state index contributed by atoms with van der Waals surface area (Å²) in [4.78, 5) is 0. The largest absolute Gasteiger partial charge is 0.336 e. The van der Waals surface area contributed by atoms with Crippen LogP contribution < -0.4 is 4.72 Å². The van der Waals surface area contributed by atoms with Crippen LogP contribution in [0.1, 0.15) is 38.3 Å². The molecule has 22 heavy (non-hydrogen) atoms. The topological polar surface area (TPSA) is 55.4 Å². The molecule has 0 fully saturated rings. The Bertz CT molecular complexity index is 544. The van der Waals surface area contributed by atoms with Crippen LogP contribution in [0.4, 0.5) is 0 Å². The first kappa shape index (κ1) is 20.0. The highest BCUT2D eigenvalue weighted by Crippen LogP contribution is 2.27. The minimum absolute atomic E-state index is 0.385. The summed E-state index contributed by atoms with van der Waals surface area (Å²) < 4.78 is 29.4. The summed E-state index contributed by atoms with van der Waals surface area (Å²) in [6.45, 7) is 3.62. The maximum absolute atomic E-state index is 12.0. The highest BCUT2D eigenvalue weighted by Gasteiger charge is 2.26. The van der Waals surface area contributed by atoms with Gasteiger partial charge in [0.1, 0.15) is 6.61 Å². The van der Waals surface area contributed by atoms with Crippen molar-refractivity contribution >= 4 is 45.1 Å². The lowest BCUT2D eigenvalue weighted by Gasteiger charge is -2.20. The average Bonchev–Trinajstić information content (AvgIpc) is 2.41. The van der Waals surface area contributed by atoms with Crippen LogP contribution in [-0.2, 0) is 14.5 Å². The molecule has 4 nitrogen and oxygen atoms in total. The zero-order valence-electron chi connectivity index (χ0n) is 12.4. The van der Waals surface area contributed by atoms with Gasteiger partial charge >= 0.3 is 10.3 Å². The fourth-order valence-electron chi connectivity index (χ4n) is 1.83. The molecule has 1 atom stereocenters. The number of benzene rings is 1. The van der Waals surface area contributed by atoms with E-state index in [0.29, 0.717) is 12.3 Å². The van der Waals surface area contributed by atoms with Gasteiger partial charge in [0.15, 0.2) is 0 Å². The summed E-state index contributed by atoms with van der Waals surface area (Å²) in [6.07, 6.45) is 1.52. The van der Waals surface area contributed by atoms with Gasteiger partial charge in [0.25, 0.3) is 0 Å². The van der Waals surface area contributed by atoms with E-state index in [4.69, 9.17) is 39.0 Å². The van der Waals surface area contributed by atoms with Crippen molar-refractivity contribution in [3.8, 4) is 0 Å². The van der Waals surface area contributed by atoms with Gasteiger partial charge in [0.05, 0.1) is 0 Å². The molecule has 0 aliphatic heterocycles. The van der Waals surface area contributed by atoms with Crippen LogP contribution in [0, 0.1) is 5.92 Å². The van der Waals surface area contributed by atoms with E-state index < -0.39 is 20.7 Å². The van der Waals surface area contributed by atoms with Gasteiger partial charge in [-0.15, -0.1) is 0 Å². The quantitative estimate of drug-likeness (QED) is 0.672. The van der Waals surface area contributed by atoms with E-state index in [0.717, 1.165) is 12.0 Å². The monoisotopic (exact) mass is 387 g/mol. The first-order chi connectivity index (χ1) is 10.1. The molecule has 0 saturated heterocycles. The number of hydrogen-bond donors (Lipinski definition) is 1. The summed E-state index contributed by atoms with van der Waals surface area (Å²) in [6, 6.07) is 8.92. The first-order valence-electron chi connectivity index (χ1n) is 6.87. The number of alkyl halides is 3. The van der Waals surface area contributed by atoms with Crippen molar-refractivity contribution in [1.29, 1.82) is 0 Å². The predicted octanol–water partition coefficient (Wildman–Crippen LogP) is 4.39. The Labute approximate surface area is 147 Å². The molecule has 0 heterocycles. The number of nitrogens with one attached hydrogen (secondary N) is 1. The van der Waals surface area contributed by atoms with Gasteiger partial charge in [-0.05, 0) is 24.3 Å². The van der Waals surface area contributed by atoms with Gasteiger partial charge < -0.3 is 0 Å². The van der Waals surface area contributed by atoms with Crippen molar-refractivity contribution in [2.45, 2.75) is 36.5 Å². The Kier molecular flexibility index (Phi) is 7.92. The van der Waals surface area contributed by atoms with Crippen LogP contribution in [0.3, 0.4) is 0 Å². The van der Waals surface area contributed by atoms with Crippen molar-refractivity contribution in [2.24, 2.45) is 5.92 Å². The summed E-state index contributed by atoms with van der Waals surface area (Å²) in [7, 11) is -4.01. The molecule has 0 aliphatic rings. The van der Waals surface area contributed by atoms with Gasteiger partial charge in [0, 0.05) is 6.04 Å². The van der Waals surface area contributed by atoms with E-state index in [9.17, 15) is 8.42 Å². The van der Waals surface area contributed by atoms with Crippen LogP contribution in [0.2, 0.25) is 0 Å². The fraction of sp³-hybridized carbons (Fsp3) is 0.571. The molecule has 0 saturated carbocycles. The van der Waals surface area contributed by atoms with E-state index in [1.54, 1.807) is 0 Å². The third-order valence-electron chi connectivity index (χ3n) is 2.90. The molecule has 8 heteroatoms. The number of halogens is 3. The van der Waals surface area contributed by atoms with Crippen LogP contribution in [0.25, 0.3) is 0 Å². The highest BCUT2D eigenvalue weighted by atomic mass is 35.6. The van der Waals surface area contributed by atoms with Gasteiger partial charge in [-0.25, -0.2) is 0 Å². The van der Waals surface area contributed by atoms with Crippen molar-refractivity contribution in [2.75, 3.05) is 6.61 Å². The maximum Gasteiger partial charge on any atom is 0.336 e. The summed E-state index contributed by atoms with van der Waals surface area (Å²) in [5, 5.41) is 0. The fourth-order valence-corrected chi connectivity index (χ4v) is 3.19. The SMILES string of the molecule is CC(C)CCC(NS(=O)(=O)OCC(Cl)(Cl)Cl)c1ccccc1. The van der Waals surface area contributed by atoms with E-state index in [2.05, 4.69) is 18.6 Å². The number of hydrogen-bond acceptors (Lipinski definition) is 3. The maximum atomic E-state index is 12.0. The minimum atomic E-state index is -4.01. The Morgan fingerprint density at radius 3 is 2.23 bits per heavy atom. The predicted molar refractivity (Wildman–Crippen MR) is 91.6 cm³/mol. The minimum Gasteiger partial charge on any atom is -0.254 e. The zero-order chi connectivity index (χ0) is 16.8. The Hall–Kier alpha value is -0.0400. The zero-order valence-corrected chi connectivity index (χ0v) is 15.5. The van der Waals surface area contributed by atoms with Gasteiger partial charge in [-0.2, -0.15) is 13.1 Å². The lowest BCUT2D eigenvalue weighted by atomic mass is 9.98. The molecule has 1 aromatic carbocycles. The van der Waals surface area contributed by atoms with Crippen molar-refractivity contribution in [3.63, 3.8) is 0 Å². The second kappa shape index (κ2) is 8.71. The highest BCUT2D eigenvalue weighted by molar-refractivity contribution is 7.84. The molecule has 0 spiro atoms. The summed E-state index contributed by atoms with van der Waals surface area (Å²) in [5.74, 6) is 0.456. The number of rotatable bonds is 8. The molecule has 0 amide bonds. The van der Waals surface area contributed by atoms with Crippen LogP contribution in [0.5, 0.6) is 0 Å². The molecule has 0 radical (unpaired) electrons. The molecule has 1 rings (SSSR count). The molecule has 126 valence electrons. The van der Waals surface area contributed by atoms with Gasteiger partial charge in [-0.1, -0.05) is 79.0 Å². The summed E-state index contributed by atoms with van der Waals surface area (Å²) >= 11 is 16.5. The third kappa shape index (κ3) is 8.56. The van der Waals surface area contributed by atoms with E-state index in [1.165, 1.54) is 0 Å². The molecule has 1 unspecified atom stereocenters. The summed E-state index contributed by atoms with van der Waals surface area (Å²) in [5.41, 5.74) is 0.865. The van der Waals surface area contributed by atoms with Crippen LogP contribution in [0.15, 0.2) is 30.3 Å². The molecule has 1 N–H and O–H groups in total. The van der Waals surface area contributed by atoms with E-state index in [1.807, 2.05) is 30.3 Å². The second-order valence-corrected chi connectivity index (χ2v) is 9.28. The van der Waals surface area contributed by atoms with E-state index in [-0.39, 0.29) is 6.04 Å². The van der Waals surface area contributed by atoms with Crippen LogP contribution >= 0.6 is 34.8 Å². The van der Waals surface area contributed by atoms with Gasteiger partial charge in [-0.3, -0.25) is 4.18 Å². The Morgan fingerprint density at radius 2 is 1.73 bits per heavy atom. The molecule has 0 aromatic heterocycles. The molecule has 1 aromatic rings. The standard InChI is InChI=1S/C14H20Cl3NO3S/c1-11(2)8-9-13(12-6-4-3-5-7-12)18-22(19,20)21-10-14(15,16)17/h3-7,11,13,18H,8-10H2,1-2H3. The van der Waals surface area contributed by atoms with Gasteiger partial charge in [0.2, 0.25) is 3.79 Å². The average molecular weight is 389 g/mol. The third-order valence-corrected chi connectivity index (χ3v) is 4.23. The lowest BCUT2D eigenvalue weighted by Crippen LogP contribution is -2.32. The van der Waals surface area contributed by atoms with Crippen LogP contribution in [-0.4, -0.2) is 18.8 Å². The lowest BCUT2D eigenvalue weighted by molar-refractivity contribution is 0.311. The molecular weight excluding hydrogens is 369 g/mol. The normalized spacial score (nSPS) is 14.3. The Morgan fingerprint density at radius 1 is 1.14 bits per heavy atom. The van der Waals surface area contributed by atoms with Crippen molar-refractivity contribution < 1.29 is 12.6 Å². The molecular formula is C14H20Cl3NO3S. The van der Waals surface area contributed by atoms with E-state index >= 15 is 0 Å². The van der Waals surface area contributed by atoms with Crippen molar-refractivity contribution in [1.82, 2.24) is 4.72 Å². The molecule has 0 aliphatic carbocycles. The smallest absolute Gasteiger partial charge is 0.254 e. The first-order valence-corrected chi connectivity index (χ1v) is 9.41. The second-order valence-electron chi connectivity index (χ2n) is 5.38. The van der Waals surface area contributed by atoms with Crippen molar-refractivity contribution in [3.05, 3.63) is 35.9 Å².